The van der Waals surface area contributed by atoms with Crippen LogP contribution in [0, 0.1) is 6.92 Å². The van der Waals surface area contributed by atoms with E-state index in [9.17, 15) is 4.79 Å². The Bertz CT molecular complexity index is 510. The molecule has 1 N–H and O–H groups in total. The first kappa shape index (κ1) is 19.9. The standard InChI is InChI=1S/C20H33N3O2/c1-17-7-9-18(10-8-17)19(22(2)3)16-21-20(24)6-4-5-11-23-12-14-25-15-13-23/h7-10,19H,4-6,11-16H2,1-3H3,(H,21,24)/t19-/m0/s1. The number of unbranched alkanes of at least 4 members (excludes halogenated alkanes) is 1. The molecule has 2 rings (SSSR count). The summed E-state index contributed by atoms with van der Waals surface area (Å²) < 4.78 is 5.35. The van der Waals surface area contributed by atoms with Crippen LogP contribution in [0.1, 0.15) is 36.4 Å². The van der Waals surface area contributed by atoms with Crippen LogP contribution in [0.25, 0.3) is 0 Å². The Morgan fingerprint density at radius 3 is 2.52 bits per heavy atom. The molecule has 1 saturated heterocycles. The van der Waals surface area contributed by atoms with Gasteiger partial charge in [-0.3, -0.25) is 9.69 Å². The molecule has 140 valence electrons. The third-order valence-corrected chi connectivity index (χ3v) is 4.81. The zero-order valence-electron chi connectivity index (χ0n) is 16.0. The van der Waals surface area contributed by atoms with Crippen molar-refractivity contribution in [2.24, 2.45) is 0 Å². The highest BCUT2D eigenvalue weighted by molar-refractivity contribution is 5.75. The summed E-state index contributed by atoms with van der Waals surface area (Å²) in [5, 5.41) is 3.10. The van der Waals surface area contributed by atoms with Gasteiger partial charge in [0.05, 0.1) is 19.3 Å². The van der Waals surface area contributed by atoms with Crippen LogP contribution < -0.4 is 5.32 Å². The number of carbonyl (C=O) groups is 1. The Balaban J connectivity index is 1.67. The van der Waals surface area contributed by atoms with Gasteiger partial charge in [-0.2, -0.15) is 0 Å². The first-order chi connectivity index (χ1) is 12.1. The topological polar surface area (TPSA) is 44.8 Å². The van der Waals surface area contributed by atoms with E-state index in [1.807, 2.05) is 0 Å². The lowest BCUT2D eigenvalue weighted by Gasteiger charge is -2.26. The minimum atomic E-state index is 0.154. The number of hydrogen-bond acceptors (Lipinski definition) is 4. The molecule has 1 aliphatic rings. The smallest absolute Gasteiger partial charge is 0.220 e. The second-order valence-corrected chi connectivity index (χ2v) is 7.11. The molecule has 0 saturated carbocycles. The number of hydrogen-bond donors (Lipinski definition) is 1. The lowest BCUT2D eigenvalue weighted by atomic mass is 10.0. The average Bonchev–Trinajstić information content (AvgIpc) is 2.61. The summed E-state index contributed by atoms with van der Waals surface area (Å²) in [7, 11) is 4.11. The molecule has 5 nitrogen and oxygen atoms in total. The first-order valence-electron chi connectivity index (χ1n) is 9.36. The number of morpholine rings is 1. The number of carbonyl (C=O) groups excluding carboxylic acids is 1. The Kier molecular flexibility index (Phi) is 8.38. The van der Waals surface area contributed by atoms with Gasteiger partial charge in [0.15, 0.2) is 0 Å². The zero-order chi connectivity index (χ0) is 18.1. The van der Waals surface area contributed by atoms with Crippen molar-refractivity contribution in [3.8, 4) is 0 Å². The summed E-state index contributed by atoms with van der Waals surface area (Å²) in [5.41, 5.74) is 2.49. The maximum Gasteiger partial charge on any atom is 0.220 e. The summed E-state index contributed by atoms with van der Waals surface area (Å²) in [5.74, 6) is 0.154. The summed E-state index contributed by atoms with van der Waals surface area (Å²) >= 11 is 0. The SMILES string of the molecule is Cc1ccc([C@H](CNC(=O)CCCCN2CCOCC2)N(C)C)cc1. The Morgan fingerprint density at radius 2 is 1.88 bits per heavy atom. The molecule has 0 aliphatic carbocycles. The van der Waals surface area contributed by atoms with Gasteiger partial charge in [-0.1, -0.05) is 29.8 Å². The van der Waals surface area contributed by atoms with E-state index in [4.69, 9.17) is 4.74 Å². The predicted octanol–water partition coefficient (Wildman–Crippen LogP) is 2.22. The summed E-state index contributed by atoms with van der Waals surface area (Å²) in [6, 6.07) is 8.75. The van der Waals surface area contributed by atoms with Crippen LogP contribution in [0.5, 0.6) is 0 Å². The number of amides is 1. The largest absolute Gasteiger partial charge is 0.379 e. The number of nitrogens with one attached hydrogen (secondary N) is 1. The van der Waals surface area contributed by atoms with Crippen LogP contribution in [-0.4, -0.2) is 69.2 Å². The molecular weight excluding hydrogens is 314 g/mol. The van der Waals surface area contributed by atoms with Gasteiger partial charge >= 0.3 is 0 Å². The fourth-order valence-corrected chi connectivity index (χ4v) is 3.13. The van der Waals surface area contributed by atoms with Crippen molar-refractivity contribution < 1.29 is 9.53 Å². The monoisotopic (exact) mass is 347 g/mol. The molecule has 25 heavy (non-hydrogen) atoms. The van der Waals surface area contributed by atoms with Crippen molar-refractivity contribution in [3.63, 3.8) is 0 Å². The van der Waals surface area contributed by atoms with E-state index in [1.165, 1.54) is 11.1 Å². The second kappa shape index (κ2) is 10.5. The molecule has 0 unspecified atom stereocenters. The lowest BCUT2D eigenvalue weighted by Crippen LogP contribution is -2.37. The van der Waals surface area contributed by atoms with E-state index in [0.29, 0.717) is 13.0 Å². The third kappa shape index (κ3) is 7.14. The highest BCUT2D eigenvalue weighted by atomic mass is 16.5. The predicted molar refractivity (Wildman–Crippen MR) is 102 cm³/mol. The molecule has 1 amide bonds. The lowest BCUT2D eigenvalue weighted by molar-refractivity contribution is -0.121. The van der Waals surface area contributed by atoms with E-state index in [1.54, 1.807) is 0 Å². The van der Waals surface area contributed by atoms with Crippen LogP contribution in [0.15, 0.2) is 24.3 Å². The molecule has 1 aliphatic heterocycles. The molecule has 1 atom stereocenters. The number of aryl methyl sites for hydroxylation is 1. The highest BCUT2D eigenvalue weighted by Gasteiger charge is 2.15. The van der Waals surface area contributed by atoms with Crippen LogP contribution >= 0.6 is 0 Å². The average molecular weight is 348 g/mol. The summed E-state index contributed by atoms with van der Waals surface area (Å²) in [6.45, 7) is 7.53. The van der Waals surface area contributed by atoms with Gasteiger partial charge < -0.3 is 15.0 Å². The molecule has 1 aromatic rings. The molecule has 0 radical (unpaired) electrons. The minimum absolute atomic E-state index is 0.154. The van der Waals surface area contributed by atoms with Gasteiger partial charge in [0, 0.05) is 26.1 Å². The van der Waals surface area contributed by atoms with E-state index < -0.39 is 0 Å². The van der Waals surface area contributed by atoms with Crippen molar-refractivity contribution in [2.75, 3.05) is 53.5 Å². The molecule has 0 bridgehead atoms. The summed E-state index contributed by atoms with van der Waals surface area (Å²) in [6.07, 6.45) is 2.63. The number of likely N-dealkylation sites (N-methyl/N-ethyl adjacent to an activating group) is 1. The fraction of sp³-hybridized carbons (Fsp3) is 0.650. The maximum atomic E-state index is 12.1. The molecule has 0 spiro atoms. The quantitative estimate of drug-likeness (QED) is 0.696. The Morgan fingerprint density at radius 1 is 1.20 bits per heavy atom. The molecule has 1 fully saturated rings. The number of benzene rings is 1. The van der Waals surface area contributed by atoms with Gasteiger partial charge in [-0.05, 0) is 46.0 Å². The fourth-order valence-electron chi connectivity index (χ4n) is 3.13. The van der Waals surface area contributed by atoms with Gasteiger partial charge in [0.25, 0.3) is 0 Å². The van der Waals surface area contributed by atoms with E-state index in [2.05, 4.69) is 60.4 Å². The van der Waals surface area contributed by atoms with Crippen molar-refractivity contribution >= 4 is 5.91 Å². The molecule has 1 aromatic carbocycles. The van der Waals surface area contributed by atoms with Crippen molar-refractivity contribution in [1.29, 1.82) is 0 Å². The summed E-state index contributed by atoms with van der Waals surface area (Å²) in [4.78, 5) is 16.7. The second-order valence-electron chi connectivity index (χ2n) is 7.11. The van der Waals surface area contributed by atoms with Gasteiger partial charge in [0.2, 0.25) is 5.91 Å². The van der Waals surface area contributed by atoms with Crippen LogP contribution in [-0.2, 0) is 9.53 Å². The van der Waals surface area contributed by atoms with E-state index in [-0.39, 0.29) is 11.9 Å². The van der Waals surface area contributed by atoms with Crippen molar-refractivity contribution in [2.45, 2.75) is 32.2 Å². The Hall–Kier alpha value is -1.43. The van der Waals surface area contributed by atoms with Gasteiger partial charge in [-0.25, -0.2) is 0 Å². The first-order valence-corrected chi connectivity index (χ1v) is 9.36. The molecule has 5 heteroatoms. The maximum absolute atomic E-state index is 12.1. The number of nitrogens with zero attached hydrogens (tertiary/aromatic N) is 2. The van der Waals surface area contributed by atoms with Crippen LogP contribution in [0.2, 0.25) is 0 Å². The zero-order valence-corrected chi connectivity index (χ0v) is 16.0. The third-order valence-electron chi connectivity index (χ3n) is 4.81. The highest BCUT2D eigenvalue weighted by Crippen LogP contribution is 2.18. The number of rotatable bonds is 9. The normalized spacial score (nSPS) is 16.8. The van der Waals surface area contributed by atoms with E-state index in [0.717, 1.165) is 45.7 Å². The van der Waals surface area contributed by atoms with Crippen LogP contribution in [0.3, 0.4) is 0 Å². The molecule has 0 aromatic heterocycles. The Labute approximate surface area is 152 Å². The van der Waals surface area contributed by atoms with Crippen molar-refractivity contribution in [1.82, 2.24) is 15.1 Å². The van der Waals surface area contributed by atoms with E-state index >= 15 is 0 Å². The van der Waals surface area contributed by atoms with Crippen LogP contribution in [0.4, 0.5) is 0 Å². The minimum Gasteiger partial charge on any atom is -0.379 e. The van der Waals surface area contributed by atoms with Gasteiger partial charge in [0.1, 0.15) is 0 Å². The molecular formula is C20H33N3O2. The molecule has 1 heterocycles. The number of ether oxygens (including phenoxy) is 1. The van der Waals surface area contributed by atoms with Crippen molar-refractivity contribution in [3.05, 3.63) is 35.4 Å². The van der Waals surface area contributed by atoms with Gasteiger partial charge in [-0.15, -0.1) is 0 Å².